The zero-order valence-electron chi connectivity index (χ0n) is 12.1. The van der Waals surface area contributed by atoms with Crippen molar-refractivity contribution in [2.45, 2.75) is 33.7 Å². The molecule has 3 heterocycles. The molecule has 0 aliphatic rings. The number of rotatable bonds is 3. The summed E-state index contributed by atoms with van der Waals surface area (Å²) in [6.07, 6.45) is 1.92. The SMILES string of the molecule is Cc1ccn2nc(NC(C)c3cc(C)oc3C)nc2c1. The van der Waals surface area contributed by atoms with E-state index in [4.69, 9.17) is 4.42 Å². The lowest BCUT2D eigenvalue weighted by Gasteiger charge is -2.10. The Kier molecular flexibility index (Phi) is 2.97. The molecule has 1 N–H and O–H groups in total. The van der Waals surface area contributed by atoms with Gasteiger partial charge >= 0.3 is 0 Å². The summed E-state index contributed by atoms with van der Waals surface area (Å²) in [5.74, 6) is 2.48. The number of pyridine rings is 1. The smallest absolute Gasteiger partial charge is 0.243 e. The molecular weight excluding hydrogens is 252 g/mol. The van der Waals surface area contributed by atoms with Gasteiger partial charge in [0.05, 0.1) is 6.04 Å². The Morgan fingerprint density at radius 3 is 2.75 bits per heavy atom. The van der Waals surface area contributed by atoms with E-state index in [-0.39, 0.29) is 6.04 Å². The van der Waals surface area contributed by atoms with Crippen LogP contribution in [0.5, 0.6) is 0 Å². The fourth-order valence-electron chi connectivity index (χ4n) is 2.40. The highest BCUT2D eigenvalue weighted by molar-refractivity contribution is 5.46. The normalized spacial score (nSPS) is 12.8. The van der Waals surface area contributed by atoms with Gasteiger partial charge in [0.25, 0.3) is 0 Å². The highest BCUT2D eigenvalue weighted by Gasteiger charge is 2.14. The Hall–Kier alpha value is -2.30. The lowest BCUT2D eigenvalue weighted by molar-refractivity contribution is 0.499. The number of nitrogens with zero attached hydrogens (tertiary/aromatic N) is 3. The molecule has 104 valence electrons. The molecule has 0 saturated carbocycles. The van der Waals surface area contributed by atoms with E-state index >= 15 is 0 Å². The Morgan fingerprint density at radius 2 is 2.05 bits per heavy atom. The predicted molar refractivity (Wildman–Crippen MR) is 77.9 cm³/mol. The molecule has 0 aliphatic carbocycles. The minimum Gasteiger partial charge on any atom is -0.466 e. The van der Waals surface area contributed by atoms with Gasteiger partial charge in [0.2, 0.25) is 5.95 Å². The van der Waals surface area contributed by atoms with Crippen LogP contribution < -0.4 is 5.32 Å². The summed E-state index contributed by atoms with van der Waals surface area (Å²) in [7, 11) is 0. The van der Waals surface area contributed by atoms with E-state index in [1.807, 2.05) is 45.2 Å². The zero-order chi connectivity index (χ0) is 14.3. The first-order valence-corrected chi connectivity index (χ1v) is 6.69. The molecule has 3 aromatic rings. The van der Waals surface area contributed by atoms with Gasteiger partial charge < -0.3 is 9.73 Å². The van der Waals surface area contributed by atoms with Gasteiger partial charge in [-0.1, -0.05) is 0 Å². The third-order valence-corrected chi connectivity index (χ3v) is 3.38. The van der Waals surface area contributed by atoms with Crippen LogP contribution >= 0.6 is 0 Å². The highest BCUT2D eigenvalue weighted by atomic mass is 16.3. The van der Waals surface area contributed by atoms with Crippen LogP contribution in [0.4, 0.5) is 5.95 Å². The van der Waals surface area contributed by atoms with Gasteiger partial charge in [-0.25, -0.2) is 4.52 Å². The molecule has 0 amide bonds. The minimum absolute atomic E-state index is 0.103. The lowest BCUT2D eigenvalue weighted by Crippen LogP contribution is -2.08. The third-order valence-electron chi connectivity index (χ3n) is 3.38. The molecule has 5 heteroatoms. The van der Waals surface area contributed by atoms with Crippen molar-refractivity contribution < 1.29 is 4.42 Å². The lowest BCUT2D eigenvalue weighted by atomic mass is 10.1. The maximum absolute atomic E-state index is 5.56. The summed E-state index contributed by atoms with van der Waals surface area (Å²) in [4.78, 5) is 4.49. The fourth-order valence-corrected chi connectivity index (χ4v) is 2.40. The zero-order valence-corrected chi connectivity index (χ0v) is 12.1. The van der Waals surface area contributed by atoms with Gasteiger partial charge in [-0.3, -0.25) is 0 Å². The van der Waals surface area contributed by atoms with Gasteiger partial charge in [0.15, 0.2) is 5.65 Å². The van der Waals surface area contributed by atoms with Crippen molar-refractivity contribution in [2.24, 2.45) is 0 Å². The number of aryl methyl sites for hydroxylation is 3. The Labute approximate surface area is 117 Å². The Bertz CT molecular complexity index is 756. The number of nitrogens with one attached hydrogen (secondary N) is 1. The van der Waals surface area contributed by atoms with Crippen LogP contribution in [-0.4, -0.2) is 14.6 Å². The van der Waals surface area contributed by atoms with E-state index in [0.717, 1.165) is 22.7 Å². The number of furan rings is 1. The molecule has 20 heavy (non-hydrogen) atoms. The van der Waals surface area contributed by atoms with E-state index < -0.39 is 0 Å². The number of fused-ring (bicyclic) bond motifs is 1. The summed E-state index contributed by atoms with van der Waals surface area (Å²) in [6.45, 7) is 8.05. The molecule has 3 rings (SSSR count). The van der Waals surface area contributed by atoms with Crippen LogP contribution in [-0.2, 0) is 0 Å². The minimum atomic E-state index is 0.103. The van der Waals surface area contributed by atoms with Crippen LogP contribution in [0.1, 0.15) is 35.6 Å². The first-order valence-electron chi connectivity index (χ1n) is 6.69. The van der Waals surface area contributed by atoms with Crippen molar-refractivity contribution >= 4 is 11.6 Å². The summed E-state index contributed by atoms with van der Waals surface area (Å²) >= 11 is 0. The van der Waals surface area contributed by atoms with Crippen LogP contribution in [0.3, 0.4) is 0 Å². The van der Waals surface area contributed by atoms with Crippen molar-refractivity contribution in [3.8, 4) is 0 Å². The Balaban J connectivity index is 1.87. The van der Waals surface area contributed by atoms with Crippen molar-refractivity contribution in [3.63, 3.8) is 0 Å². The number of hydrogen-bond donors (Lipinski definition) is 1. The van der Waals surface area contributed by atoms with E-state index in [1.165, 1.54) is 5.56 Å². The first-order chi connectivity index (χ1) is 9.52. The van der Waals surface area contributed by atoms with Crippen molar-refractivity contribution in [1.82, 2.24) is 14.6 Å². The predicted octanol–water partition coefficient (Wildman–Crippen LogP) is 3.42. The van der Waals surface area contributed by atoms with Crippen molar-refractivity contribution in [3.05, 3.63) is 47.0 Å². The number of hydrogen-bond acceptors (Lipinski definition) is 4. The first kappa shape index (κ1) is 12.7. The largest absolute Gasteiger partial charge is 0.466 e. The molecule has 1 atom stereocenters. The molecule has 0 fully saturated rings. The van der Waals surface area contributed by atoms with Crippen molar-refractivity contribution in [1.29, 1.82) is 0 Å². The molecular formula is C15H18N4O. The van der Waals surface area contributed by atoms with Gasteiger partial charge in [0.1, 0.15) is 11.5 Å². The summed E-state index contributed by atoms with van der Waals surface area (Å²) in [6, 6.07) is 6.17. The van der Waals surface area contributed by atoms with E-state index in [1.54, 1.807) is 4.52 Å². The third kappa shape index (κ3) is 2.27. The average Bonchev–Trinajstić information content (AvgIpc) is 2.91. The monoisotopic (exact) mass is 270 g/mol. The molecule has 0 radical (unpaired) electrons. The summed E-state index contributed by atoms with van der Waals surface area (Å²) in [5.41, 5.74) is 3.16. The number of anilines is 1. The molecule has 0 spiro atoms. The topological polar surface area (TPSA) is 55.4 Å². The van der Waals surface area contributed by atoms with Gasteiger partial charge in [-0.05, 0) is 51.5 Å². The standard InChI is InChI=1S/C15H18N4O/c1-9-5-6-19-14(7-9)17-15(18-19)16-11(3)13-8-10(2)20-12(13)4/h5-8,11H,1-4H3,(H,16,18). The van der Waals surface area contributed by atoms with Crippen LogP contribution in [0.15, 0.2) is 28.8 Å². The average molecular weight is 270 g/mol. The second kappa shape index (κ2) is 4.67. The summed E-state index contributed by atoms with van der Waals surface area (Å²) < 4.78 is 7.34. The second-order valence-electron chi connectivity index (χ2n) is 5.18. The molecule has 5 nitrogen and oxygen atoms in total. The highest BCUT2D eigenvalue weighted by Crippen LogP contribution is 2.23. The van der Waals surface area contributed by atoms with E-state index in [9.17, 15) is 0 Å². The maximum Gasteiger partial charge on any atom is 0.243 e. The summed E-state index contributed by atoms with van der Waals surface area (Å²) in [5, 5.41) is 7.74. The molecule has 0 saturated heterocycles. The molecule has 0 bridgehead atoms. The van der Waals surface area contributed by atoms with Crippen LogP contribution in [0.25, 0.3) is 5.65 Å². The molecule has 0 aromatic carbocycles. The second-order valence-corrected chi connectivity index (χ2v) is 5.18. The van der Waals surface area contributed by atoms with E-state index in [0.29, 0.717) is 5.95 Å². The quantitative estimate of drug-likeness (QED) is 0.792. The molecule has 3 aromatic heterocycles. The fraction of sp³-hybridized carbons (Fsp3) is 0.333. The molecule has 0 aliphatic heterocycles. The van der Waals surface area contributed by atoms with Gasteiger partial charge in [-0.15, -0.1) is 5.10 Å². The maximum atomic E-state index is 5.56. The van der Waals surface area contributed by atoms with Gasteiger partial charge in [-0.2, -0.15) is 4.98 Å². The molecule has 1 unspecified atom stereocenters. The van der Waals surface area contributed by atoms with Crippen molar-refractivity contribution in [2.75, 3.05) is 5.32 Å². The Morgan fingerprint density at radius 1 is 1.25 bits per heavy atom. The van der Waals surface area contributed by atoms with Crippen LogP contribution in [0.2, 0.25) is 0 Å². The number of aromatic nitrogens is 3. The van der Waals surface area contributed by atoms with Crippen LogP contribution in [0, 0.1) is 20.8 Å². The van der Waals surface area contributed by atoms with E-state index in [2.05, 4.69) is 22.3 Å². The van der Waals surface area contributed by atoms with Gasteiger partial charge in [0, 0.05) is 11.8 Å².